The third kappa shape index (κ3) is 2.46. The van der Waals surface area contributed by atoms with E-state index in [1.807, 2.05) is 24.5 Å². The first-order valence-corrected chi connectivity index (χ1v) is 7.60. The lowest BCUT2D eigenvalue weighted by molar-refractivity contribution is 0.845. The van der Waals surface area contributed by atoms with Crippen molar-refractivity contribution in [1.29, 1.82) is 0 Å². The zero-order chi connectivity index (χ0) is 15.6. The van der Waals surface area contributed by atoms with Crippen LogP contribution in [0.1, 0.15) is 18.7 Å². The number of aromatic amines is 2. The van der Waals surface area contributed by atoms with Gasteiger partial charge in [0.1, 0.15) is 17.8 Å². The van der Waals surface area contributed by atoms with Crippen molar-refractivity contribution in [3.05, 3.63) is 66.9 Å². The second kappa shape index (κ2) is 5.61. The maximum Gasteiger partial charge on any atom is 0.142 e. The Morgan fingerprint density at radius 3 is 2.65 bits per heavy atom. The average Bonchev–Trinajstić information content (AvgIpc) is 3.25. The van der Waals surface area contributed by atoms with Gasteiger partial charge in [-0.25, -0.2) is 9.97 Å². The first kappa shape index (κ1) is 13.6. The molecule has 5 nitrogen and oxygen atoms in total. The van der Waals surface area contributed by atoms with E-state index in [2.05, 4.69) is 62.5 Å². The van der Waals surface area contributed by atoms with E-state index in [9.17, 15) is 0 Å². The van der Waals surface area contributed by atoms with Crippen molar-refractivity contribution in [2.24, 2.45) is 0 Å². The molecule has 0 saturated carbocycles. The molecule has 23 heavy (non-hydrogen) atoms. The molecule has 3 aromatic heterocycles. The van der Waals surface area contributed by atoms with E-state index in [1.165, 1.54) is 11.1 Å². The third-order valence-electron chi connectivity index (χ3n) is 4.00. The molecule has 4 aromatic rings. The SMILES string of the molecule is CC(Nc1ncnc2[nH]ccc12)c1[nH]ccc1-c1ccccc1. The van der Waals surface area contributed by atoms with Crippen LogP contribution >= 0.6 is 0 Å². The molecular formula is C18H17N5. The van der Waals surface area contributed by atoms with Gasteiger partial charge in [-0.15, -0.1) is 0 Å². The number of H-pyrrole nitrogens is 2. The minimum Gasteiger partial charge on any atom is -0.363 e. The maximum atomic E-state index is 4.38. The van der Waals surface area contributed by atoms with Crippen molar-refractivity contribution in [3.63, 3.8) is 0 Å². The predicted octanol–water partition coefficient (Wildman–Crippen LogP) is 4.13. The number of nitrogens with zero attached hydrogens (tertiary/aromatic N) is 2. The molecule has 0 radical (unpaired) electrons. The van der Waals surface area contributed by atoms with Gasteiger partial charge in [0.25, 0.3) is 0 Å². The lowest BCUT2D eigenvalue weighted by atomic mass is 10.0. The number of aromatic nitrogens is 4. The van der Waals surface area contributed by atoms with E-state index in [4.69, 9.17) is 0 Å². The second-order valence-corrected chi connectivity index (χ2v) is 5.50. The summed E-state index contributed by atoms with van der Waals surface area (Å²) >= 11 is 0. The van der Waals surface area contributed by atoms with Crippen molar-refractivity contribution in [2.75, 3.05) is 5.32 Å². The number of benzene rings is 1. The van der Waals surface area contributed by atoms with Crippen molar-refractivity contribution in [3.8, 4) is 11.1 Å². The van der Waals surface area contributed by atoms with Gasteiger partial charge in [-0.05, 0) is 24.6 Å². The van der Waals surface area contributed by atoms with Gasteiger partial charge in [0.05, 0.1) is 11.4 Å². The van der Waals surface area contributed by atoms with Gasteiger partial charge in [-0.2, -0.15) is 0 Å². The van der Waals surface area contributed by atoms with Crippen LogP contribution in [0.25, 0.3) is 22.2 Å². The Balaban J connectivity index is 1.67. The smallest absolute Gasteiger partial charge is 0.142 e. The minimum absolute atomic E-state index is 0.0909. The molecule has 3 N–H and O–H groups in total. The van der Waals surface area contributed by atoms with Crippen LogP contribution in [0, 0.1) is 0 Å². The van der Waals surface area contributed by atoms with Crippen molar-refractivity contribution >= 4 is 16.9 Å². The normalized spacial score (nSPS) is 12.4. The molecule has 0 spiro atoms. The molecule has 5 heteroatoms. The molecule has 4 rings (SSSR count). The molecule has 1 aromatic carbocycles. The summed E-state index contributed by atoms with van der Waals surface area (Å²) in [5.74, 6) is 0.831. The number of hydrogen-bond acceptors (Lipinski definition) is 3. The number of rotatable bonds is 4. The van der Waals surface area contributed by atoms with Gasteiger partial charge in [-0.1, -0.05) is 30.3 Å². The first-order valence-electron chi connectivity index (χ1n) is 7.60. The van der Waals surface area contributed by atoms with Crippen LogP contribution in [0.4, 0.5) is 5.82 Å². The number of hydrogen-bond donors (Lipinski definition) is 3. The van der Waals surface area contributed by atoms with Crippen LogP contribution in [0.2, 0.25) is 0 Å². The standard InChI is InChI=1S/C18H17N5/c1-12(23-18-15-8-10-20-17(15)21-11-22-18)16-14(7-9-19-16)13-5-3-2-4-6-13/h2-12,19H,1H3,(H2,20,21,22,23). The van der Waals surface area contributed by atoms with Gasteiger partial charge in [0.2, 0.25) is 0 Å². The molecule has 0 fully saturated rings. The minimum atomic E-state index is 0.0909. The Morgan fingerprint density at radius 1 is 0.957 bits per heavy atom. The van der Waals surface area contributed by atoms with Crippen LogP contribution in [-0.4, -0.2) is 19.9 Å². The van der Waals surface area contributed by atoms with E-state index >= 15 is 0 Å². The van der Waals surface area contributed by atoms with Gasteiger partial charge >= 0.3 is 0 Å². The lowest BCUT2D eigenvalue weighted by Gasteiger charge is -2.16. The maximum absolute atomic E-state index is 4.38. The topological polar surface area (TPSA) is 69.4 Å². The first-order chi connectivity index (χ1) is 11.3. The summed E-state index contributed by atoms with van der Waals surface area (Å²) in [6.07, 6.45) is 5.42. The lowest BCUT2D eigenvalue weighted by Crippen LogP contribution is -2.09. The quantitative estimate of drug-likeness (QED) is 0.531. The molecule has 1 atom stereocenters. The van der Waals surface area contributed by atoms with Gasteiger partial charge < -0.3 is 15.3 Å². The average molecular weight is 303 g/mol. The van der Waals surface area contributed by atoms with E-state index < -0.39 is 0 Å². The van der Waals surface area contributed by atoms with Gasteiger partial charge in [0.15, 0.2) is 0 Å². The Hall–Kier alpha value is -3.08. The highest BCUT2D eigenvalue weighted by molar-refractivity contribution is 5.86. The fraction of sp³-hybridized carbons (Fsp3) is 0.111. The molecule has 0 aliphatic carbocycles. The summed E-state index contributed by atoms with van der Waals surface area (Å²) in [6.45, 7) is 2.12. The van der Waals surface area contributed by atoms with Crippen LogP contribution < -0.4 is 5.32 Å². The molecule has 114 valence electrons. The molecule has 0 amide bonds. The zero-order valence-corrected chi connectivity index (χ0v) is 12.7. The number of nitrogens with one attached hydrogen (secondary N) is 3. The van der Waals surface area contributed by atoms with Gasteiger partial charge in [-0.3, -0.25) is 0 Å². The fourth-order valence-corrected chi connectivity index (χ4v) is 2.87. The highest BCUT2D eigenvalue weighted by atomic mass is 15.1. The Labute approximate surface area is 133 Å². The molecule has 0 aliphatic heterocycles. The largest absolute Gasteiger partial charge is 0.363 e. The molecule has 0 bridgehead atoms. The zero-order valence-electron chi connectivity index (χ0n) is 12.7. The van der Waals surface area contributed by atoms with Crippen molar-refractivity contribution < 1.29 is 0 Å². The summed E-state index contributed by atoms with van der Waals surface area (Å²) in [5, 5.41) is 4.47. The summed E-state index contributed by atoms with van der Waals surface area (Å²) in [7, 11) is 0. The molecule has 3 heterocycles. The summed E-state index contributed by atoms with van der Waals surface area (Å²) < 4.78 is 0. The molecule has 1 unspecified atom stereocenters. The van der Waals surface area contributed by atoms with E-state index in [0.717, 1.165) is 22.5 Å². The van der Waals surface area contributed by atoms with Crippen molar-refractivity contribution in [1.82, 2.24) is 19.9 Å². The summed E-state index contributed by atoms with van der Waals surface area (Å²) in [6, 6.07) is 14.6. The Bertz CT molecular complexity index is 923. The Morgan fingerprint density at radius 2 is 1.78 bits per heavy atom. The van der Waals surface area contributed by atoms with Crippen LogP contribution in [0.3, 0.4) is 0 Å². The van der Waals surface area contributed by atoms with E-state index in [1.54, 1.807) is 6.33 Å². The highest BCUT2D eigenvalue weighted by Gasteiger charge is 2.15. The van der Waals surface area contributed by atoms with Crippen LogP contribution in [0.5, 0.6) is 0 Å². The second-order valence-electron chi connectivity index (χ2n) is 5.50. The molecule has 0 saturated heterocycles. The van der Waals surface area contributed by atoms with Crippen LogP contribution in [0.15, 0.2) is 61.2 Å². The molecule has 0 aliphatic rings. The number of anilines is 1. The highest BCUT2D eigenvalue weighted by Crippen LogP contribution is 2.30. The molecular weight excluding hydrogens is 286 g/mol. The van der Waals surface area contributed by atoms with E-state index in [0.29, 0.717) is 0 Å². The van der Waals surface area contributed by atoms with Crippen LogP contribution in [-0.2, 0) is 0 Å². The van der Waals surface area contributed by atoms with Gasteiger partial charge in [0, 0.05) is 23.7 Å². The third-order valence-corrected chi connectivity index (χ3v) is 4.00. The Kier molecular flexibility index (Phi) is 3.31. The van der Waals surface area contributed by atoms with E-state index in [-0.39, 0.29) is 6.04 Å². The number of fused-ring (bicyclic) bond motifs is 1. The monoisotopic (exact) mass is 303 g/mol. The summed E-state index contributed by atoms with van der Waals surface area (Å²) in [4.78, 5) is 15.1. The predicted molar refractivity (Wildman–Crippen MR) is 92.2 cm³/mol. The van der Waals surface area contributed by atoms with Crippen molar-refractivity contribution in [2.45, 2.75) is 13.0 Å². The summed E-state index contributed by atoms with van der Waals surface area (Å²) in [5.41, 5.74) is 4.37. The fourth-order valence-electron chi connectivity index (χ4n) is 2.87.